The predicted octanol–water partition coefficient (Wildman–Crippen LogP) is 7.81. The van der Waals surface area contributed by atoms with E-state index in [4.69, 9.17) is 14.2 Å². The van der Waals surface area contributed by atoms with Crippen molar-refractivity contribution in [3.63, 3.8) is 0 Å². The third-order valence-electron chi connectivity index (χ3n) is 8.03. The zero-order valence-corrected chi connectivity index (χ0v) is 24.2. The molecule has 1 aromatic carbocycles. The largest absolute Gasteiger partial charge is 0.479 e. The van der Waals surface area contributed by atoms with Crippen molar-refractivity contribution in [2.75, 3.05) is 38.3 Å². The molecule has 0 spiro atoms. The van der Waals surface area contributed by atoms with Gasteiger partial charge in [0, 0.05) is 28.9 Å². The Morgan fingerprint density at radius 3 is 2.18 bits per heavy atom. The SMILES string of the molecule is CCOC(=O)COc1c(C(=O)OC)sc2c1sc1cc(N(CC3CCCCC3)CC3CCCCC3)ccc12. The molecule has 0 amide bonds. The van der Waals surface area contributed by atoms with Gasteiger partial charge in [-0.2, -0.15) is 0 Å². The molecular weight excluding hydrogens is 518 g/mol. The summed E-state index contributed by atoms with van der Waals surface area (Å²) in [6, 6.07) is 6.78. The van der Waals surface area contributed by atoms with Gasteiger partial charge in [0.05, 0.1) is 23.1 Å². The molecule has 2 fully saturated rings. The van der Waals surface area contributed by atoms with Crippen LogP contribution in [-0.4, -0.2) is 45.4 Å². The second-order valence-electron chi connectivity index (χ2n) is 10.7. The third kappa shape index (κ3) is 6.12. The molecule has 38 heavy (non-hydrogen) atoms. The molecule has 2 saturated carbocycles. The molecule has 0 aliphatic heterocycles. The van der Waals surface area contributed by atoms with Gasteiger partial charge in [-0.25, -0.2) is 9.59 Å². The molecule has 0 unspecified atom stereocenters. The molecule has 2 heterocycles. The number of carbonyl (C=O) groups is 2. The second kappa shape index (κ2) is 12.7. The molecule has 3 aromatic rings. The minimum Gasteiger partial charge on any atom is -0.479 e. The monoisotopic (exact) mass is 557 g/mol. The highest BCUT2D eigenvalue weighted by Crippen LogP contribution is 2.48. The lowest BCUT2D eigenvalue weighted by molar-refractivity contribution is -0.145. The van der Waals surface area contributed by atoms with Gasteiger partial charge in [0.25, 0.3) is 0 Å². The van der Waals surface area contributed by atoms with Crippen LogP contribution in [0.1, 0.15) is 80.8 Å². The van der Waals surface area contributed by atoms with Crippen LogP contribution >= 0.6 is 22.7 Å². The smallest absolute Gasteiger partial charge is 0.351 e. The van der Waals surface area contributed by atoms with Crippen LogP contribution in [0.15, 0.2) is 18.2 Å². The van der Waals surface area contributed by atoms with E-state index in [9.17, 15) is 9.59 Å². The molecule has 0 radical (unpaired) electrons. The summed E-state index contributed by atoms with van der Waals surface area (Å²) in [6.45, 7) is 4.09. The molecule has 8 heteroatoms. The number of thiophene rings is 2. The fourth-order valence-electron chi connectivity index (χ4n) is 6.10. The van der Waals surface area contributed by atoms with Crippen LogP contribution in [0.5, 0.6) is 5.75 Å². The van der Waals surface area contributed by atoms with Crippen molar-refractivity contribution in [3.05, 3.63) is 23.1 Å². The van der Waals surface area contributed by atoms with E-state index in [0.717, 1.165) is 39.7 Å². The topological polar surface area (TPSA) is 65.1 Å². The number of rotatable bonds is 10. The minimum absolute atomic E-state index is 0.236. The number of hydrogen-bond acceptors (Lipinski definition) is 8. The maximum Gasteiger partial charge on any atom is 0.351 e. The lowest BCUT2D eigenvalue weighted by atomic mass is 9.86. The molecule has 0 atom stereocenters. The maximum absolute atomic E-state index is 12.5. The van der Waals surface area contributed by atoms with E-state index in [1.807, 2.05) is 0 Å². The molecule has 0 N–H and O–H groups in total. The van der Waals surface area contributed by atoms with Crippen LogP contribution < -0.4 is 9.64 Å². The first kappa shape index (κ1) is 27.3. The summed E-state index contributed by atoms with van der Waals surface area (Å²) in [4.78, 5) is 27.6. The van der Waals surface area contributed by atoms with E-state index >= 15 is 0 Å². The normalized spacial score (nSPS) is 17.1. The lowest BCUT2D eigenvalue weighted by Crippen LogP contribution is -2.35. The van der Waals surface area contributed by atoms with Crippen LogP contribution in [0.4, 0.5) is 5.69 Å². The Hall–Kier alpha value is -2.32. The fourth-order valence-corrected chi connectivity index (χ4v) is 8.71. The minimum atomic E-state index is -0.452. The van der Waals surface area contributed by atoms with Crippen molar-refractivity contribution in [1.82, 2.24) is 0 Å². The number of ether oxygens (including phenoxy) is 3. The predicted molar refractivity (Wildman–Crippen MR) is 156 cm³/mol. The van der Waals surface area contributed by atoms with E-state index in [-0.39, 0.29) is 13.2 Å². The van der Waals surface area contributed by atoms with Crippen molar-refractivity contribution in [2.24, 2.45) is 11.8 Å². The quantitative estimate of drug-likeness (QED) is 0.237. The van der Waals surface area contributed by atoms with E-state index in [0.29, 0.717) is 10.6 Å². The van der Waals surface area contributed by atoms with E-state index in [1.165, 1.54) is 93.0 Å². The van der Waals surface area contributed by atoms with Gasteiger partial charge in [-0.1, -0.05) is 44.6 Å². The number of fused-ring (bicyclic) bond motifs is 3. The molecule has 2 aliphatic rings. The molecule has 0 saturated heterocycles. The molecular formula is C30H39NO5S2. The summed E-state index contributed by atoms with van der Waals surface area (Å²) in [5.41, 5.74) is 1.30. The van der Waals surface area contributed by atoms with E-state index in [1.54, 1.807) is 18.3 Å². The fraction of sp³-hybridized carbons (Fsp3) is 0.600. The Morgan fingerprint density at radius 2 is 1.58 bits per heavy atom. The van der Waals surface area contributed by atoms with Crippen molar-refractivity contribution in [1.29, 1.82) is 0 Å². The van der Waals surface area contributed by atoms with Crippen LogP contribution in [0, 0.1) is 11.8 Å². The van der Waals surface area contributed by atoms with Gasteiger partial charge in [0.1, 0.15) is 0 Å². The van der Waals surface area contributed by atoms with Gasteiger partial charge >= 0.3 is 11.9 Å². The van der Waals surface area contributed by atoms with E-state index < -0.39 is 11.9 Å². The highest BCUT2D eigenvalue weighted by molar-refractivity contribution is 7.34. The molecule has 206 valence electrons. The number of esters is 2. The van der Waals surface area contributed by atoms with Gasteiger partial charge in [0.15, 0.2) is 17.2 Å². The first-order valence-electron chi connectivity index (χ1n) is 14.2. The van der Waals surface area contributed by atoms with Crippen molar-refractivity contribution >= 4 is 59.8 Å². The van der Waals surface area contributed by atoms with Crippen molar-refractivity contribution < 1.29 is 23.8 Å². The number of methoxy groups -OCH3 is 1. The molecule has 2 aromatic heterocycles. The molecule has 5 rings (SSSR count). The first-order valence-corrected chi connectivity index (χ1v) is 15.8. The summed E-state index contributed by atoms with van der Waals surface area (Å²) in [5.74, 6) is 1.08. The van der Waals surface area contributed by atoms with Crippen molar-refractivity contribution in [3.8, 4) is 5.75 Å². The Balaban J connectivity index is 1.47. The number of anilines is 1. The van der Waals surface area contributed by atoms with Crippen LogP contribution in [-0.2, 0) is 14.3 Å². The van der Waals surface area contributed by atoms with Crippen molar-refractivity contribution in [2.45, 2.75) is 71.1 Å². The standard InChI is InChI=1S/C30H39NO5S2/c1-3-35-25(32)19-36-26-28-27(38-29(26)30(33)34-2)23-15-14-22(16-24(23)37-28)31(17-20-10-6-4-7-11-20)18-21-12-8-5-9-13-21/h14-16,20-21H,3-13,17-19H2,1-2H3. The van der Waals surface area contributed by atoms with Gasteiger partial charge in [-0.15, -0.1) is 22.7 Å². The average Bonchev–Trinajstić information content (AvgIpc) is 3.48. The lowest BCUT2D eigenvalue weighted by Gasteiger charge is -2.35. The number of hydrogen-bond donors (Lipinski definition) is 0. The summed E-state index contributed by atoms with van der Waals surface area (Å²) in [7, 11) is 1.36. The second-order valence-corrected chi connectivity index (χ2v) is 12.8. The summed E-state index contributed by atoms with van der Waals surface area (Å²) < 4.78 is 19.0. The summed E-state index contributed by atoms with van der Waals surface area (Å²) >= 11 is 3.00. The molecule has 2 aliphatic carbocycles. The number of carbonyl (C=O) groups excluding carboxylic acids is 2. The van der Waals surface area contributed by atoms with E-state index in [2.05, 4.69) is 23.1 Å². The van der Waals surface area contributed by atoms with Gasteiger partial charge in [0.2, 0.25) is 0 Å². The highest BCUT2D eigenvalue weighted by atomic mass is 32.1. The van der Waals surface area contributed by atoms with Gasteiger partial charge in [-0.3, -0.25) is 0 Å². The Labute approximate surface area is 233 Å². The maximum atomic E-state index is 12.5. The molecule has 0 bridgehead atoms. The Kier molecular flexibility index (Phi) is 9.10. The van der Waals surface area contributed by atoms with Gasteiger partial charge < -0.3 is 19.1 Å². The molecule has 6 nitrogen and oxygen atoms in total. The van der Waals surface area contributed by atoms with Crippen LogP contribution in [0.2, 0.25) is 0 Å². The van der Waals surface area contributed by atoms with Crippen LogP contribution in [0.25, 0.3) is 19.5 Å². The zero-order valence-electron chi connectivity index (χ0n) is 22.6. The number of nitrogens with zero attached hydrogens (tertiary/aromatic N) is 1. The third-order valence-corrected chi connectivity index (χ3v) is 10.5. The first-order chi connectivity index (χ1) is 18.6. The Morgan fingerprint density at radius 1 is 0.921 bits per heavy atom. The number of benzene rings is 1. The summed E-state index contributed by atoms with van der Waals surface area (Å²) in [5, 5.41) is 1.12. The Bertz CT molecular complexity index is 1230. The average molecular weight is 558 g/mol. The summed E-state index contributed by atoms with van der Waals surface area (Å²) in [6.07, 6.45) is 13.6. The van der Waals surface area contributed by atoms with Gasteiger partial charge in [-0.05, 0) is 56.6 Å². The zero-order chi connectivity index (χ0) is 26.5. The highest BCUT2D eigenvalue weighted by Gasteiger charge is 2.26. The van der Waals surface area contributed by atoms with Crippen LogP contribution in [0.3, 0.4) is 0 Å².